The van der Waals surface area contributed by atoms with Gasteiger partial charge in [0, 0.05) is 17.7 Å². The number of fused-ring (bicyclic) bond motifs is 1. The SMILES string of the molecule is O=c1c(O)c(-c2ccc(O)c(OC3OC(CO)C(O)C3O)c2)oc2cc(O)cc(O)c12. The fourth-order valence-electron chi connectivity index (χ4n) is 3.31. The molecule has 1 saturated heterocycles. The van der Waals surface area contributed by atoms with Gasteiger partial charge < -0.3 is 49.6 Å². The Morgan fingerprint density at radius 3 is 2.39 bits per heavy atom. The van der Waals surface area contributed by atoms with E-state index < -0.39 is 48.1 Å². The summed E-state index contributed by atoms with van der Waals surface area (Å²) in [4.78, 5) is 12.5. The maximum Gasteiger partial charge on any atom is 0.238 e. The van der Waals surface area contributed by atoms with Crippen LogP contribution < -0.4 is 10.2 Å². The largest absolute Gasteiger partial charge is 0.508 e. The Morgan fingerprint density at radius 2 is 1.71 bits per heavy atom. The molecule has 4 unspecified atom stereocenters. The van der Waals surface area contributed by atoms with E-state index in [-0.39, 0.29) is 39.5 Å². The second kappa shape index (κ2) is 7.63. The van der Waals surface area contributed by atoms with Gasteiger partial charge in [-0.2, -0.15) is 0 Å². The fraction of sp³-hybridized carbons (Fsp3) is 0.250. The lowest BCUT2D eigenvalue weighted by atomic mass is 10.1. The van der Waals surface area contributed by atoms with Crippen LogP contribution in [0.25, 0.3) is 22.3 Å². The zero-order valence-electron chi connectivity index (χ0n) is 15.7. The van der Waals surface area contributed by atoms with E-state index in [2.05, 4.69) is 0 Å². The number of benzene rings is 2. The summed E-state index contributed by atoms with van der Waals surface area (Å²) in [5.74, 6) is -2.76. The van der Waals surface area contributed by atoms with E-state index >= 15 is 0 Å². The first kappa shape index (κ1) is 20.8. The summed E-state index contributed by atoms with van der Waals surface area (Å²) in [6.45, 7) is -0.570. The summed E-state index contributed by atoms with van der Waals surface area (Å²) in [7, 11) is 0. The molecular weight excluding hydrogens is 416 g/mol. The summed E-state index contributed by atoms with van der Waals surface area (Å²) >= 11 is 0. The number of hydrogen-bond donors (Lipinski definition) is 7. The average Bonchev–Trinajstić information content (AvgIpc) is 2.99. The van der Waals surface area contributed by atoms with Crippen molar-refractivity contribution in [3.63, 3.8) is 0 Å². The second-order valence-electron chi connectivity index (χ2n) is 6.95. The molecule has 1 fully saturated rings. The van der Waals surface area contributed by atoms with Crippen molar-refractivity contribution in [2.24, 2.45) is 0 Å². The first-order valence-electron chi connectivity index (χ1n) is 9.05. The van der Waals surface area contributed by atoms with Gasteiger partial charge in [-0.25, -0.2) is 0 Å². The van der Waals surface area contributed by atoms with Crippen molar-refractivity contribution in [3.8, 4) is 40.1 Å². The highest BCUT2D eigenvalue weighted by Crippen LogP contribution is 2.39. The molecule has 11 heteroatoms. The highest BCUT2D eigenvalue weighted by molar-refractivity contribution is 5.88. The number of aromatic hydroxyl groups is 4. The van der Waals surface area contributed by atoms with E-state index in [1.54, 1.807) is 0 Å². The maximum atomic E-state index is 12.5. The number of ether oxygens (including phenoxy) is 2. The van der Waals surface area contributed by atoms with E-state index in [0.717, 1.165) is 18.2 Å². The smallest absolute Gasteiger partial charge is 0.238 e. The normalized spacial score (nSPS) is 23.3. The van der Waals surface area contributed by atoms with Gasteiger partial charge in [0.1, 0.15) is 40.8 Å². The number of phenols is 3. The van der Waals surface area contributed by atoms with Crippen molar-refractivity contribution in [2.75, 3.05) is 6.61 Å². The summed E-state index contributed by atoms with van der Waals surface area (Å²) in [5.41, 5.74) is -1.08. The van der Waals surface area contributed by atoms with Crippen molar-refractivity contribution in [3.05, 3.63) is 40.6 Å². The minimum atomic E-state index is -1.52. The molecule has 3 aromatic rings. The molecule has 0 amide bonds. The lowest BCUT2D eigenvalue weighted by Crippen LogP contribution is -2.35. The van der Waals surface area contributed by atoms with Gasteiger partial charge in [0.25, 0.3) is 0 Å². The lowest BCUT2D eigenvalue weighted by molar-refractivity contribution is -0.117. The van der Waals surface area contributed by atoms with Crippen molar-refractivity contribution in [1.29, 1.82) is 0 Å². The molecule has 0 spiro atoms. The number of aliphatic hydroxyl groups is 3. The summed E-state index contributed by atoms with van der Waals surface area (Å²) in [6, 6.07) is 5.64. The quantitative estimate of drug-likeness (QED) is 0.295. The second-order valence-corrected chi connectivity index (χ2v) is 6.95. The average molecular weight is 434 g/mol. The van der Waals surface area contributed by atoms with Crippen LogP contribution in [0.3, 0.4) is 0 Å². The molecule has 4 rings (SSSR count). The molecule has 164 valence electrons. The van der Waals surface area contributed by atoms with Crippen LogP contribution in [0.2, 0.25) is 0 Å². The van der Waals surface area contributed by atoms with Crippen LogP contribution in [0.4, 0.5) is 0 Å². The first-order chi connectivity index (χ1) is 14.7. The molecule has 7 N–H and O–H groups in total. The molecule has 1 aliphatic heterocycles. The highest BCUT2D eigenvalue weighted by atomic mass is 16.7. The van der Waals surface area contributed by atoms with Gasteiger partial charge in [0.2, 0.25) is 17.5 Å². The van der Waals surface area contributed by atoms with Crippen LogP contribution in [0, 0.1) is 0 Å². The predicted octanol–water partition coefficient (Wildman–Crippen LogP) is 0.100. The van der Waals surface area contributed by atoms with Gasteiger partial charge in [-0.05, 0) is 18.2 Å². The van der Waals surface area contributed by atoms with Gasteiger partial charge >= 0.3 is 0 Å². The topological polar surface area (TPSA) is 190 Å². The maximum absolute atomic E-state index is 12.5. The van der Waals surface area contributed by atoms with Crippen LogP contribution in [-0.2, 0) is 4.74 Å². The molecule has 1 aliphatic rings. The van der Waals surface area contributed by atoms with Crippen LogP contribution in [-0.4, -0.2) is 67.0 Å². The van der Waals surface area contributed by atoms with E-state index in [0.29, 0.717) is 0 Å². The third-order valence-electron chi connectivity index (χ3n) is 4.90. The molecule has 0 bridgehead atoms. The Kier molecular flexibility index (Phi) is 5.11. The molecule has 0 radical (unpaired) electrons. The minimum Gasteiger partial charge on any atom is -0.508 e. The van der Waals surface area contributed by atoms with Gasteiger partial charge in [0.05, 0.1) is 6.61 Å². The molecule has 0 saturated carbocycles. The van der Waals surface area contributed by atoms with Crippen LogP contribution in [0.5, 0.6) is 28.7 Å². The van der Waals surface area contributed by atoms with Gasteiger partial charge in [-0.1, -0.05) is 0 Å². The highest BCUT2D eigenvalue weighted by Gasteiger charge is 2.44. The number of phenolic OH excluding ortho intramolecular Hbond substituents is 3. The minimum absolute atomic E-state index is 0.0684. The standard InChI is InChI=1S/C20H18O11/c21-6-13-15(25)18(28)20(31-13)30-11-3-7(1-2-9(11)23)19-17(27)16(26)14-10(24)4-8(22)5-12(14)29-19/h1-5,13,15,18,20-25,27-28H,6H2. The molecular formula is C20H18O11. The van der Waals surface area contributed by atoms with E-state index in [1.165, 1.54) is 12.1 Å². The molecule has 1 aromatic heterocycles. The molecule has 4 atom stereocenters. The molecule has 0 aliphatic carbocycles. The Balaban J connectivity index is 1.76. The summed E-state index contributed by atoms with van der Waals surface area (Å²) in [6.07, 6.45) is -5.44. The molecule has 2 heterocycles. The Morgan fingerprint density at radius 1 is 0.968 bits per heavy atom. The van der Waals surface area contributed by atoms with E-state index in [1.807, 2.05) is 0 Å². The monoisotopic (exact) mass is 434 g/mol. The van der Waals surface area contributed by atoms with Gasteiger partial charge in [0.15, 0.2) is 17.3 Å². The molecule has 2 aromatic carbocycles. The van der Waals surface area contributed by atoms with Crippen molar-refractivity contribution in [1.82, 2.24) is 0 Å². The van der Waals surface area contributed by atoms with Crippen LogP contribution in [0.15, 0.2) is 39.5 Å². The number of hydrogen-bond acceptors (Lipinski definition) is 11. The summed E-state index contributed by atoms with van der Waals surface area (Å²) < 4.78 is 16.1. The Hall–Kier alpha value is -3.51. The molecule has 31 heavy (non-hydrogen) atoms. The zero-order chi connectivity index (χ0) is 22.4. The first-order valence-corrected chi connectivity index (χ1v) is 9.05. The lowest BCUT2D eigenvalue weighted by Gasteiger charge is -2.18. The molecule has 11 nitrogen and oxygen atoms in total. The zero-order valence-corrected chi connectivity index (χ0v) is 15.7. The fourth-order valence-corrected chi connectivity index (χ4v) is 3.31. The van der Waals surface area contributed by atoms with Crippen molar-refractivity contribution < 1.29 is 49.6 Å². The van der Waals surface area contributed by atoms with E-state index in [4.69, 9.17) is 19.0 Å². The Bertz CT molecular complexity index is 1200. The van der Waals surface area contributed by atoms with Crippen molar-refractivity contribution in [2.45, 2.75) is 24.6 Å². The third kappa shape index (κ3) is 3.49. The van der Waals surface area contributed by atoms with Gasteiger partial charge in [-0.3, -0.25) is 4.79 Å². The van der Waals surface area contributed by atoms with Gasteiger partial charge in [-0.15, -0.1) is 0 Å². The third-order valence-corrected chi connectivity index (χ3v) is 4.90. The summed E-state index contributed by atoms with van der Waals surface area (Å²) in [5, 5.41) is 68.6. The predicted molar refractivity (Wildman–Crippen MR) is 103 cm³/mol. The van der Waals surface area contributed by atoms with Crippen molar-refractivity contribution >= 4 is 11.0 Å². The van der Waals surface area contributed by atoms with Crippen LogP contribution in [0.1, 0.15) is 0 Å². The van der Waals surface area contributed by atoms with E-state index in [9.17, 15) is 35.4 Å². The number of aliphatic hydroxyl groups excluding tert-OH is 3. The van der Waals surface area contributed by atoms with Crippen LogP contribution >= 0.6 is 0 Å². The number of rotatable bonds is 4. The Labute approximate surface area is 173 Å².